The normalized spacial score (nSPS) is 21.3. The smallest absolute Gasteiger partial charge is 0.321 e. The van der Waals surface area contributed by atoms with Gasteiger partial charge in [-0.2, -0.15) is 0 Å². The van der Waals surface area contributed by atoms with Gasteiger partial charge in [-0.15, -0.1) is 0 Å². The van der Waals surface area contributed by atoms with Gasteiger partial charge in [0.25, 0.3) is 0 Å². The molecule has 1 atom stereocenters. The van der Waals surface area contributed by atoms with E-state index < -0.39 is 0 Å². The molecule has 3 amide bonds. The monoisotopic (exact) mass is 301 g/mol. The van der Waals surface area contributed by atoms with Crippen LogP contribution in [0.3, 0.4) is 0 Å². The van der Waals surface area contributed by atoms with Crippen LogP contribution in [0.25, 0.3) is 0 Å². The zero-order valence-corrected chi connectivity index (χ0v) is 13.0. The van der Waals surface area contributed by atoms with Gasteiger partial charge in [0.1, 0.15) is 0 Å². The molecule has 0 bridgehead atoms. The van der Waals surface area contributed by atoms with Crippen molar-refractivity contribution in [2.75, 3.05) is 18.4 Å². The van der Waals surface area contributed by atoms with Crippen LogP contribution < -0.4 is 10.6 Å². The van der Waals surface area contributed by atoms with Crippen LogP contribution >= 0.6 is 0 Å². The average molecular weight is 301 g/mol. The summed E-state index contributed by atoms with van der Waals surface area (Å²) in [6.07, 6.45) is 3.93. The summed E-state index contributed by atoms with van der Waals surface area (Å²) in [5.41, 5.74) is 1.95. The first kappa shape index (κ1) is 14.9. The molecule has 1 aliphatic carbocycles. The molecule has 1 saturated carbocycles. The van der Waals surface area contributed by atoms with E-state index >= 15 is 0 Å². The lowest BCUT2D eigenvalue weighted by molar-refractivity contribution is -0.126. The van der Waals surface area contributed by atoms with Crippen LogP contribution in [0.2, 0.25) is 0 Å². The fourth-order valence-corrected chi connectivity index (χ4v) is 2.76. The third kappa shape index (κ3) is 3.78. The number of hydrogen-bond acceptors (Lipinski definition) is 2. The third-order valence-corrected chi connectivity index (χ3v) is 4.31. The number of urea groups is 1. The Hall–Kier alpha value is -2.04. The lowest BCUT2D eigenvalue weighted by Crippen LogP contribution is -2.47. The van der Waals surface area contributed by atoms with Gasteiger partial charge in [-0.1, -0.05) is 17.7 Å². The van der Waals surface area contributed by atoms with Crippen LogP contribution in [-0.4, -0.2) is 36.0 Å². The second-order valence-electron chi connectivity index (χ2n) is 6.36. The number of nitrogens with zero attached hydrogens (tertiary/aromatic N) is 1. The molecule has 1 aliphatic heterocycles. The number of hydrogen-bond donors (Lipinski definition) is 2. The number of piperidine rings is 1. The van der Waals surface area contributed by atoms with Crippen molar-refractivity contribution >= 4 is 17.6 Å². The van der Waals surface area contributed by atoms with Crippen LogP contribution in [0.1, 0.15) is 31.2 Å². The number of likely N-dealkylation sites (tertiary alicyclic amines) is 1. The molecule has 0 spiro atoms. The Morgan fingerprint density at radius 1 is 1.14 bits per heavy atom. The van der Waals surface area contributed by atoms with Gasteiger partial charge in [-0.3, -0.25) is 4.79 Å². The van der Waals surface area contributed by atoms with Crippen molar-refractivity contribution in [3.8, 4) is 0 Å². The summed E-state index contributed by atoms with van der Waals surface area (Å²) in [6, 6.07) is 8.00. The van der Waals surface area contributed by atoms with E-state index in [2.05, 4.69) is 10.6 Å². The van der Waals surface area contributed by atoms with E-state index in [0.29, 0.717) is 19.1 Å². The average Bonchev–Trinajstić information content (AvgIpc) is 3.33. The Bertz CT molecular complexity index is 552. The molecule has 2 fully saturated rings. The number of benzene rings is 1. The Labute approximate surface area is 131 Å². The molecule has 22 heavy (non-hydrogen) atoms. The van der Waals surface area contributed by atoms with Crippen LogP contribution in [0.5, 0.6) is 0 Å². The van der Waals surface area contributed by atoms with Crippen LogP contribution in [0, 0.1) is 12.8 Å². The fraction of sp³-hybridized carbons (Fsp3) is 0.529. The second-order valence-corrected chi connectivity index (χ2v) is 6.36. The summed E-state index contributed by atoms with van der Waals surface area (Å²) in [7, 11) is 0. The Balaban J connectivity index is 1.55. The first-order chi connectivity index (χ1) is 10.6. The van der Waals surface area contributed by atoms with Gasteiger partial charge in [0.05, 0.1) is 5.92 Å². The molecule has 0 radical (unpaired) electrons. The molecule has 1 unspecified atom stereocenters. The Kier molecular flexibility index (Phi) is 4.32. The summed E-state index contributed by atoms with van der Waals surface area (Å²) in [5.74, 6) is 0.0356. The lowest BCUT2D eigenvalue weighted by atomic mass is 9.97. The molecule has 118 valence electrons. The minimum Gasteiger partial charge on any atom is -0.353 e. The van der Waals surface area contributed by atoms with Gasteiger partial charge < -0.3 is 15.5 Å². The van der Waals surface area contributed by atoms with Crippen molar-refractivity contribution in [1.29, 1.82) is 0 Å². The summed E-state index contributed by atoms with van der Waals surface area (Å²) < 4.78 is 0. The Morgan fingerprint density at radius 2 is 1.86 bits per heavy atom. The van der Waals surface area contributed by atoms with Gasteiger partial charge in [0.2, 0.25) is 5.91 Å². The van der Waals surface area contributed by atoms with E-state index in [1.807, 2.05) is 31.2 Å². The molecule has 1 saturated heterocycles. The molecule has 1 aromatic rings. The molecular formula is C17H23N3O2. The predicted octanol–water partition coefficient (Wildman–Crippen LogP) is 2.52. The van der Waals surface area contributed by atoms with Gasteiger partial charge >= 0.3 is 6.03 Å². The summed E-state index contributed by atoms with van der Waals surface area (Å²) in [5, 5.41) is 5.95. The highest BCUT2D eigenvalue weighted by atomic mass is 16.2. The molecule has 1 aromatic carbocycles. The molecule has 2 N–H and O–H groups in total. The van der Waals surface area contributed by atoms with Crippen molar-refractivity contribution in [2.24, 2.45) is 5.92 Å². The maximum absolute atomic E-state index is 12.3. The molecule has 1 heterocycles. The zero-order chi connectivity index (χ0) is 15.5. The standard InChI is InChI=1S/C17H23N3O2/c1-12-4-6-15(7-5-12)19-17(22)20-10-2-3-13(11-20)16(21)18-14-8-9-14/h4-7,13-14H,2-3,8-11H2,1H3,(H,18,21)(H,19,22). The minimum absolute atomic E-state index is 0.0712. The quantitative estimate of drug-likeness (QED) is 0.901. The van der Waals surface area contributed by atoms with Gasteiger partial charge in [-0.25, -0.2) is 4.79 Å². The van der Waals surface area contributed by atoms with E-state index in [1.165, 1.54) is 0 Å². The minimum atomic E-state index is -0.118. The van der Waals surface area contributed by atoms with Crippen molar-refractivity contribution in [2.45, 2.75) is 38.6 Å². The summed E-state index contributed by atoms with van der Waals surface area (Å²) in [4.78, 5) is 26.2. The van der Waals surface area contributed by atoms with Crippen LogP contribution in [0.4, 0.5) is 10.5 Å². The van der Waals surface area contributed by atoms with E-state index in [0.717, 1.165) is 36.9 Å². The molecule has 5 heteroatoms. The maximum Gasteiger partial charge on any atom is 0.321 e. The number of aryl methyl sites for hydroxylation is 1. The van der Waals surface area contributed by atoms with Crippen molar-refractivity contribution in [1.82, 2.24) is 10.2 Å². The topological polar surface area (TPSA) is 61.4 Å². The van der Waals surface area contributed by atoms with Gasteiger partial charge in [0, 0.05) is 24.8 Å². The first-order valence-corrected chi connectivity index (χ1v) is 8.05. The second kappa shape index (κ2) is 6.38. The predicted molar refractivity (Wildman–Crippen MR) is 85.7 cm³/mol. The van der Waals surface area contributed by atoms with Gasteiger partial charge in [0.15, 0.2) is 0 Å². The van der Waals surface area contributed by atoms with Crippen molar-refractivity contribution < 1.29 is 9.59 Å². The fourth-order valence-electron chi connectivity index (χ4n) is 2.76. The van der Waals surface area contributed by atoms with E-state index in [-0.39, 0.29) is 17.9 Å². The summed E-state index contributed by atoms with van der Waals surface area (Å²) >= 11 is 0. The number of nitrogens with one attached hydrogen (secondary N) is 2. The molecule has 5 nitrogen and oxygen atoms in total. The molecule has 0 aromatic heterocycles. The summed E-state index contributed by atoms with van der Waals surface area (Å²) in [6.45, 7) is 3.24. The highest BCUT2D eigenvalue weighted by Gasteiger charge is 2.31. The molecular weight excluding hydrogens is 278 g/mol. The largest absolute Gasteiger partial charge is 0.353 e. The molecule has 3 rings (SSSR count). The molecule has 2 aliphatic rings. The van der Waals surface area contributed by atoms with E-state index in [4.69, 9.17) is 0 Å². The Morgan fingerprint density at radius 3 is 2.55 bits per heavy atom. The van der Waals surface area contributed by atoms with Crippen LogP contribution in [-0.2, 0) is 4.79 Å². The number of carbonyl (C=O) groups excluding carboxylic acids is 2. The maximum atomic E-state index is 12.3. The zero-order valence-electron chi connectivity index (χ0n) is 13.0. The number of rotatable bonds is 3. The van der Waals surface area contributed by atoms with E-state index in [9.17, 15) is 9.59 Å². The first-order valence-electron chi connectivity index (χ1n) is 8.05. The van der Waals surface area contributed by atoms with Crippen molar-refractivity contribution in [3.05, 3.63) is 29.8 Å². The SMILES string of the molecule is Cc1ccc(NC(=O)N2CCCC(C(=O)NC3CC3)C2)cc1. The van der Waals surface area contributed by atoms with Crippen molar-refractivity contribution in [3.63, 3.8) is 0 Å². The van der Waals surface area contributed by atoms with Gasteiger partial charge in [-0.05, 0) is 44.7 Å². The highest BCUT2D eigenvalue weighted by molar-refractivity contribution is 5.90. The lowest BCUT2D eigenvalue weighted by Gasteiger charge is -2.32. The number of carbonyl (C=O) groups is 2. The van der Waals surface area contributed by atoms with E-state index in [1.54, 1.807) is 4.90 Å². The number of anilines is 1. The highest BCUT2D eigenvalue weighted by Crippen LogP contribution is 2.22. The van der Waals surface area contributed by atoms with Crippen LogP contribution in [0.15, 0.2) is 24.3 Å². The number of amides is 3. The third-order valence-electron chi connectivity index (χ3n) is 4.31.